The van der Waals surface area contributed by atoms with Crippen molar-refractivity contribution in [2.24, 2.45) is 0 Å². The number of carbonyl (C=O) groups excluding carboxylic acids is 2. The highest BCUT2D eigenvalue weighted by atomic mass is 16.6. The molecule has 1 atom stereocenters. The summed E-state index contributed by atoms with van der Waals surface area (Å²) in [6.07, 6.45) is 5.12. The van der Waals surface area contributed by atoms with Crippen molar-refractivity contribution < 1.29 is 19.1 Å². The monoisotopic (exact) mass is 370 g/mol. The second kappa shape index (κ2) is 6.94. The molecule has 8 heteroatoms. The van der Waals surface area contributed by atoms with Crippen molar-refractivity contribution in [1.82, 2.24) is 20.0 Å². The number of para-hydroxylation sites is 2. The van der Waals surface area contributed by atoms with Gasteiger partial charge in [-0.2, -0.15) is 5.10 Å². The highest BCUT2D eigenvalue weighted by Gasteiger charge is 2.42. The zero-order valence-electron chi connectivity index (χ0n) is 15.2. The molecule has 1 spiro atoms. The number of amides is 2. The number of methoxy groups -OCH3 is 1. The number of rotatable bonds is 3. The molecule has 0 aliphatic carbocycles. The van der Waals surface area contributed by atoms with E-state index < -0.39 is 5.60 Å². The van der Waals surface area contributed by atoms with Crippen LogP contribution in [-0.4, -0.2) is 59.0 Å². The van der Waals surface area contributed by atoms with E-state index in [1.165, 1.54) is 0 Å². The van der Waals surface area contributed by atoms with Crippen LogP contribution in [0.25, 0.3) is 5.69 Å². The minimum absolute atomic E-state index is 0.0644. The van der Waals surface area contributed by atoms with E-state index in [1.807, 2.05) is 29.2 Å². The molecule has 0 unspecified atom stereocenters. The fraction of sp³-hybridized carbons (Fsp3) is 0.421. The van der Waals surface area contributed by atoms with Crippen molar-refractivity contribution in [1.29, 1.82) is 0 Å². The second-order valence-corrected chi connectivity index (χ2v) is 6.92. The normalized spacial score (nSPS) is 22.3. The van der Waals surface area contributed by atoms with E-state index in [1.54, 1.807) is 24.2 Å². The van der Waals surface area contributed by atoms with Gasteiger partial charge in [0, 0.05) is 25.7 Å². The molecular formula is C19H22N4O4. The van der Waals surface area contributed by atoms with E-state index in [0.717, 1.165) is 18.5 Å². The van der Waals surface area contributed by atoms with Crippen molar-refractivity contribution in [3.8, 4) is 11.4 Å². The van der Waals surface area contributed by atoms with Crippen molar-refractivity contribution >= 4 is 12.0 Å². The Morgan fingerprint density at radius 2 is 2.15 bits per heavy atom. The maximum absolute atomic E-state index is 12.9. The Hall–Kier alpha value is -3.03. The van der Waals surface area contributed by atoms with Crippen molar-refractivity contribution in [3.63, 3.8) is 0 Å². The van der Waals surface area contributed by atoms with Gasteiger partial charge < -0.3 is 19.7 Å². The predicted octanol–water partition coefficient (Wildman–Crippen LogP) is 1.99. The highest BCUT2D eigenvalue weighted by molar-refractivity contribution is 5.93. The fourth-order valence-corrected chi connectivity index (χ4v) is 3.72. The maximum atomic E-state index is 12.9. The van der Waals surface area contributed by atoms with Gasteiger partial charge in [-0.05, 0) is 25.0 Å². The first kappa shape index (κ1) is 17.4. The number of aromatic nitrogens is 2. The van der Waals surface area contributed by atoms with E-state index >= 15 is 0 Å². The lowest BCUT2D eigenvalue weighted by Gasteiger charge is -2.24. The molecule has 2 fully saturated rings. The van der Waals surface area contributed by atoms with Gasteiger partial charge in [0.2, 0.25) is 0 Å². The molecular weight excluding hydrogens is 348 g/mol. The molecule has 1 aromatic carbocycles. The highest BCUT2D eigenvalue weighted by Crippen LogP contribution is 2.30. The average molecular weight is 370 g/mol. The summed E-state index contributed by atoms with van der Waals surface area (Å²) in [5, 5.41) is 7.05. The molecule has 2 aliphatic rings. The Bertz CT molecular complexity index is 865. The van der Waals surface area contributed by atoms with Gasteiger partial charge in [0.1, 0.15) is 17.0 Å². The number of likely N-dealkylation sites (tertiary alicyclic amines) is 1. The zero-order valence-corrected chi connectivity index (χ0v) is 15.2. The Morgan fingerprint density at radius 3 is 2.93 bits per heavy atom. The maximum Gasteiger partial charge on any atom is 0.407 e. The molecule has 0 radical (unpaired) electrons. The van der Waals surface area contributed by atoms with Crippen LogP contribution >= 0.6 is 0 Å². The molecule has 1 N–H and O–H groups in total. The summed E-state index contributed by atoms with van der Waals surface area (Å²) in [6, 6.07) is 7.52. The minimum Gasteiger partial charge on any atom is -0.494 e. The molecule has 0 saturated carbocycles. The minimum atomic E-state index is -0.478. The average Bonchev–Trinajstić information content (AvgIpc) is 3.25. The first-order valence-corrected chi connectivity index (χ1v) is 9.04. The number of hydrogen-bond donors (Lipinski definition) is 1. The molecule has 0 bridgehead atoms. The van der Waals surface area contributed by atoms with E-state index in [2.05, 4.69) is 10.4 Å². The molecule has 4 rings (SSSR count). The third kappa shape index (κ3) is 3.34. The number of alkyl carbamates (subject to hydrolysis) is 1. The number of nitrogens with one attached hydrogen (secondary N) is 1. The number of carbonyl (C=O) groups is 2. The van der Waals surface area contributed by atoms with Crippen molar-refractivity contribution in [2.75, 3.05) is 26.7 Å². The van der Waals surface area contributed by atoms with Gasteiger partial charge >= 0.3 is 6.09 Å². The zero-order chi connectivity index (χ0) is 18.9. The van der Waals surface area contributed by atoms with E-state index in [0.29, 0.717) is 37.4 Å². The summed E-state index contributed by atoms with van der Waals surface area (Å²) in [7, 11) is 1.60. The Kier molecular flexibility index (Phi) is 4.47. The van der Waals surface area contributed by atoms with Crippen LogP contribution in [0.4, 0.5) is 4.79 Å². The number of nitrogens with zero attached hydrogens (tertiary/aromatic N) is 3. The van der Waals surface area contributed by atoms with Crippen molar-refractivity contribution in [3.05, 3.63) is 42.2 Å². The lowest BCUT2D eigenvalue weighted by molar-refractivity contribution is 0.0438. The van der Waals surface area contributed by atoms with E-state index in [9.17, 15) is 9.59 Å². The third-order valence-electron chi connectivity index (χ3n) is 5.21. The van der Waals surface area contributed by atoms with Gasteiger partial charge in [-0.3, -0.25) is 4.79 Å². The quantitative estimate of drug-likeness (QED) is 0.893. The lowest BCUT2D eigenvalue weighted by Crippen LogP contribution is -2.36. The first-order chi connectivity index (χ1) is 13.1. The summed E-state index contributed by atoms with van der Waals surface area (Å²) in [4.78, 5) is 26.2. The molecule has 2 aliphatic heterocycles. The Labute approximate surface area is 157 Å². The molecule has 2 amide bonds. The number of hydrogen-bond acceptors (Lipinski definition) is 5. The van der Waals surface area contributed by atoms with Crippen LogP contribution in [0.5, 0.6) is 5.75 Å². The molecule has 8 nitrogen and oxygen atoms in total. The summed E-state index contributed by atoms with van der Waals surface area (Å²) in [5.74, 6) is 0.623. The smallest absolute Gasteiger partial charge is 0.407 e. The molecule has 142 valence electrons. The van der Waals surface area contributed by atoms with Crippen LogP contribution in [0.1, 0.15) is 29.6 Å². The van der Waals surface area contributed by atoms with Crippen LogP contribution in [-0.2, 0) is 4.74 Å². The van der Waals surface area contributed by atoms with Gasteiger partial charge in [0.25, 0.3) is 5.91 Å². The third-order valence-corrected chi connectivity index (χ3v) is 5.21. The largest absolute Gasteiger partial charge is 0.494 e. The summed E-state index contributed by atoms with van der Waals surface area (Å²) < 4.78 is 12.5. The summed E-state index contributed by atoms with van der Waals surface area (Å²) in [6.45, 7) is 1.70. The summed E-state index contributed by atoms with van der Waals surface area (Å²) >= 11 is 0. The SMILES string of the molecule is COc1ccccc1-n1cc(C(=O)N2CCC[C@@]3(CC2)CNC(=O)O3)cn1. The van der Waals surface area contributed by atoms with Crippen LogP contribution in [0, 0.1) is 0 Å². The first-order valence-electron chi connectivity index (χ1n) is 9.04. The topological polar surface area (TPSA) is 85.7 Å². The van der Waals surface area contributed by atoms with Crippen LogP contribution < -0.4 is 10.1 Å². The molecule has 2 saturated heterocycles. The van der Waals surface area contributed by atoms with Gasteiger partial charge in [-0.1, -0.05) is 12.1 Å². The van der Waals surface area contributed by atoms with Gasteiger partial charge in [0.15, 0.2) is 0 Å². The van der Waals surface area contributed by atoms with Gasteiger partial charge in [-0.25, -0.2) is 9.48 Å². The molecule has 2 aromatic rings. The predicted molar refractivity (Wildman–Crippen MR) is 97.1 cm³/mol. The van der Waals surface area contributed by atoms with Crippen LogP contribution in [0.15, 0.2) is 36.7 Å². The van der Waals surface area contributed by atoms with Gasteiger partial charge in [0.05, 0.1) is 25.4 Å². The second-order valence-electron chi connectivity index (χ2n) is 6.92. The fourth-order valence-electron chi connectivity index (χ4n) is 3.72. The Morgan fingerprint density at radius 1 is 1.30 bits per heavy atom. The number of ether oxygens (including phenoxy) is 2. The van der Waals surface area contributed by atoms with E-state index in [4.69, 9.17) is 9.47 Å². The Balaban J connectivity index is 1.49. The number of benzene rings is 1. The summed E-state index contributed by atoms with van der Waals surface area (Å²) in [5.41, 5.74) is 0.824. The lowest BCUT2D eigenvalue weighted by atomic mass is 9.95. The molecule has 1 aromatic heterocycles. The standard InChI is InChI=1S/C19H22N4O4/c1-26-16-6-3-2-5-15(16)23-12-14(11-21-23)17(24)22-9-4-7-19(8-10-22)13-20-18(25)27-19/h2-3,5-6,11-12H,4,7-10,13H2,1H3,(H,20,25)/t19-/m1/s1. The van der Waals surface area contributed by atoms with Gasteiger partial charge in [-0.15, -0.1) is 0 Å². The molecule has 3 heterocycles. The van der Waals surface area contributed by atoms with Crippen LogP contribution in [0.2, 0.25) is 0 Å². The van der Waals surface area contributed by atoms with Crippen molar-refractivity contribution in [2.45, 2.75) is 24.9 Å². The van der Waals surface area contributed by atoms with E-state index in [-0.39, 0.29) is 12.0 Å². The molecule has 27 heavy (non-hydrogen) atoms. The van der Waals surface area contributed by atoms with Crippen LogP contribution in [0.3, 0.4) is 0 Å².